The highest BCUT2D eigenvalue weighted by molar-refractivity contribution is 6.29. The Kier molecular flexibility index (Phi) is 3.97. The van der Waals surface area contributed by atoms with Crippen LogP contribution in [-0.4, -0.2) is 34.0 Å². The Morgan fingerprint density at radius 1 is 1.59 bits per heavy atom. The molecule has 0 aliphatic carbocycles. The van der Waals surface area contributed by atoms with Crippen molar-refractivity contribution in [2.45, 2.75) is 19.4 Å². The first-order chi connectivity index (χ1) is 8.15. The molecule has 0 saturated carbocycles. The summed E-state index contributed by atoms with van der Waals surface area (Å²) in [5, 5.41) is 9.48. The van der Waals surface area contributed by atoms with Crippen molar-refractivity contribution in [1.29, 1.82) is 0 Å². The van der Waals surface area contributed by atoms with E-state index in [9.17, 15) is 4.79 Å². The van der Waals surface area contributed by atoms with Gasteiger partial charge in [0.25, 0.3) is 0 Å². The minimum Gasteiger partial charge on any atom is -0.481 e. The Bertz CT molecular complexity index is 394. The molecule has 4 nitrogen and oxygen atoms in total. The summed E-state index contributed by atoms with van der Waals surface area (Å²) >= 11 is 5.72. The molecule has 1 saturated heterocycles. The molecule has 1 atom stereocenters. The molecule has 1 N–H and O–H groups in total. The number of aliphatic carboxylic acids is 1. The number of hydrogen-bond acceptors (Lipinski definition) is 3. The average Bonchev–Trinajstić information content (AvgIpc) is 2.32. The third kappa shape index (κ3) is 3.41. The fraction of sp³-hybridized carbons (Fsp3) is 0.500. The van der Waals surface area contributed by atoms with Crippen molar-refractivity contribution in [3.05, 3.63) is 29.0 Å². The lowest BCUT2D eigenvalue weighted by molar-refractivity contribution is -0.143. The van der Waals surface area contributed by atoms with Crippen LogP contribution in [0.25, 0.3) is 0 Å². The fourth-order valence-electron chi connectivity index (χ4n) is 2.16. The number of aromatic nitrogens is 1. The second kappa shape index (κ2) is 5.47. The molecule has 1 aliphatic rings. The number of carboxylic acid groups (broad SMARTS) is 1. The molecule has 17 heavy (non-hydrogen) atoms. The first-order valence-corrected chi connectivity index (χ1v) is 6.08. The van der Waals surface area contributed by atoms with E-state index in [1.54, 1.807) is 12.3 Å². The molecule has 1 aliphatic heterocycles. The van der Waals surface area contributed by atoms with E-state index < -0.39 is 5.97 Å². The van der Waals surface area contributed by atoms with Crippen LogP contribution in [0.1, 0.15) is 18.4 Å². The topological polar surface area (TPSA) is 53.4 Å². The lowest BCUT2D eigenvalue weighted by Crippen LogP contribution is -2.38. The molecule has 1 aromatic heterocycles. The quantitative estimate of drug-likeness (QED) is 0.839. The Morgan fingerprint density at radius 2 is 2.41 bits per heavy atom. The van der Waals surface area contributed by atoms with Crippen molar-refractivity contribution in [2.24, 2.45) is 5.92 Å². The molecule has 92 valence electrons. The summed E-state index contributed by atoms with van der Waals surface area (Å²) in [6, 6.07) is 3.69. The van der Waals surface area contributed by atoms with Gasteiger partial charge in [0.05, 0.1) is 5.92 Å². The lowest BCUT2D eigenvalue weighted by Gasteiger charge is -2.30. The van der Waals surface area contributed by atoms with E-state index in [0.717, 1.165) is 31.5 Å². The molecule has 0 aromatic carbocycles. The van der Waals surface area contributed by atoms with Crippen molar-refractivity contribution in [3.63, 3.8) is 0 Å². The van der Waals surface area contributed by atoms with E-state index in [1.807, 2.05) is 6.07 Å². The van der Waals surface area contributed by atoms with Crippen LogP contribution in [0.15, 0.2) is 18.3 Å². The van der Waals surface area contributed by atoms with Gasteiger partial charge in [-0.3, -0.25) is 9.69 Å². The smallest absolute Gasteiger partial charge is 0.307 e. The number of nitrogens with zero attached hydrogens (tertiary/aromatic N) is 2. The number of rotatable bonds is 3. The predicted octanol–water partition coefficient (Wildman–Crippen LogP) is 2.03. The van der Waals surface area contributed by atoms with Gasteiger partial charge in [-0.2, -0.15) is 0 Å². The lowest BCUT2D eigenvalue weighted by atomic mass is 9.98. The van der Waals surface area contributed by atoms with Gasteiger partial charge in [-0.25, -0.2) is 4.98 Å². The van der Waals surface area contributed by atoms with E-state index in [2.05, 4.69) is 9.88 Å². The van der Waals surface area contributed by atoms with E-state index >= 15 is 0 Å². The number of piperidine rings is 1. The summed E-state index contributed by atoms with van der Waals surface area (Å²) in [6.45, 7) is 2.32. The van der Waals surface area contributed by atoms with Crippen LogP contribution in [0.3, 0.4) is 0 Å². The molecule has 5 heteroatoms. The third-order valence-electron chi connectivity index (χ3n) is 3.05. The van der Waals surface area contributed by atoms with Crippen molar-refractivity contribution < 1.29 is 9.90 Å². The van der Waals surface area contributed by atoms with Crippen LogP contribution in [0, 0.1) is 5.92 Å². The number of likely N-dealkylation sites (tertiary alicyclic amines) is 1. The monoisotopic (exact) mass is 254 g/mol. The second-order valence-corrected chi connectivity index (χ2v) is 4.79. The SMILES string of the molecule is O=C(O)C1CCCN(Cc2ccc(Cl)nc2)C1. The number of carbonyl (C=O) groups is 1. The van der Waals surface area contributed by atoms with Crippen LogP contribution in [0.4, 0.5) is 0 Å². The van der Waals surface area contributed by atoms with Gasteiger partial charge in [0.1, 0.15) is 5.15 Å². The maximum atomic E-state index is 10.9. The van der Waals surface area contributed by atoms with Crippen LogP contribution in [0.5, 0.6) is 0 Å². The van der Waals surface area contributed by atoms with E-state index in [4.69, 9.17) is 16.7 Å². The zero-order valence-electron chi connectivity index (χ0n) is 9.47. The maximum absolute atomic E-state index is 10.9. The molecule has 1 fully saturated rings. The van der Waals surface area contributed by atoms with Gasteiger partial charge in [0.2, 0.25) is 0 Å². The Hall–Kier alpha value is -1.13. The zero-order valence-corrected chi connectivity index (χ0v) is 10.2. The van der Waals surface area contributed by atoms with Crippen molar-refractivity contribution in [1.82, 2.24) is 9.88 Å². The number of carboxylic acids is 1. The molecule has 1 unspecified atom stereocenters. The van der Waals surface area contributed by atoms with Crippen molar-refractivity contribution in [3.8, 4) is 0 Å². The molecule has 0 bridgehead atoms. The van der Waals surface area contributed by atoms with Crippen molar-refractivity contribution >= 4 is 17.6 Å². The van der Waals surface area contributed by atoms with Gasteiger partial charge in [0.15, 0.2) is 0 Å². The number of halogens is 1. The summed E-state index contributed by atoms with van der Waals surface area (Å²) in [5.74, 6) is -0.923. The first kappa shape index (κ1) is 12.3. The predicted molar refractivity (Wildman–Crippen MR) is 64.9 cm³/mol. The zero-order chi connectivity index (χ0) is 12.3. The highest BCUT2D eigenvalue weighted by atomic mass is 35.5. The van der Waals surface area contributed by atoms with Gasteiger partial charge >= 0.3 is 5.97 Å². The third-order valence-corrected chi connectivity index (χ3v) is 3.27. The summed E-state index contributed by atoms with van der Waals surface area (Å²) in [6.07, 6.45) is 3.47. The van der Waals surface area contributed by atoms with Crippen LogP contribution in [0.2, 0.25) is 5.15 Å². The highest BCUT2D eigenvalue weighted by Gasteiger charge is 2.25. The van der Waals surface area contributed by atoms with Gasteiger partial charge in [-0.1, -0.05) is 17.7 Å². The van der Waals surface area contributed by atoms with Crippen molar-refractivity contribution in [2.75, 3.05) is 13.1 Å². The van der Waals surface area contributed by atoms with Gasteiger partial charge < -0.3 is 5.11 Å². The fourth-order valence-corrected chi connectivity index (χ4v) is 2.27. The summed E-state index contributed by atoms with van der Waals surface area (Å²) in [4.78, 5) is 17.1. The standard InChI is InChI=1S/C12H15ClN2O2/c13-11-4-3-9(6-14-11)7-15-5-1-2-10(8-15)12(16)17/h3-4,6,10H,1-2,5,7-8H2,(H,16,17). The Morgan fingerprint density at radius 3 is 3.06 bits per heavy atom. The Balaban J connectivity index is 1.94. The number of pyridine rings is 1. The van der Waals surface area contributed by atoms with Gasteiger partial charge in [-0.15, -0.1) is 0 Å². The summed E-state index contributed by atoms with van der Waals surface area (Å²) in [5.41, 5.74) is 1.07. The summed E-state index contributed by atoms with van der Waals surface area (Å²) < 4.78 is 0. The van der Waals surface area contributed by atoms with Gasteiger partial charge in [0, 0.05) is 19.3 Å². The first-order valence-electron chi connectivity index (χ1n) is 5.71. The maximum Gasteiger partial charge on any atom is 0.307 e. The molecular formula is C12H15ClN2O2. The molecule has 0 spiro atoms. The molecule has 1 aromatic rings. The largest absolute Gasteiger partial charge is 0.481 e. The normalized spacial score (nSPS) is 21.4. The second-order valence-electron chi connectivity index (χ2n) is 4.40. The van der Waals surface area contributed by atoms with E-state index in [1.165, 1.54) is 0 Å². The molecule has 2 rings (SSSR count). The minimum atomic E-state index is -0.691. The van der Waals surface area contributed by atoms with E-state index in [-0.39, 0.29) is 5.92 Å². The Labute approximate surface area is 105 Å². The molecule has 2 heterocycles. The highest BCUT2D eigenvalue weighted by Crippen LogP contribution is 2.18. The number of hydrogen-bond donors (Lipinski definition) is 1. The molecule has 0 radical (unpaired) electrons. The average molecular weight is 255 g/mol. The van der Waals surface area contributed by atoms with Crippen LogP contribution >= 0.6 is 11.6 Å². The minimum absolute atomic E-state index is 0.232. The van der Waals surface area contributed by atoms with Crippen LogP contribution < -0.4 is 0 Å². The van der Waals surface area contributed by atoms with E-state index in [0.29, 0.717) is 11.7 Å². The summed E-state index contributed by atoms with van der Waals surface area (Å²) in [7, 11) is 0. The molecular weight excluding hydrogens is 240 g/mol. The van der Waals surface area contributed by atoms with Gasteiger partial charge in [-0.05, 0) is 31.0 Å². The van der Waals surface area contributed by atoms with Crippen LogP contribution in [-0.2, 0) is 11.3 Å². The molecule has 0 amide bonds.